The van der Waals surface area contributed by atoms with Gasteiger partial charge in [0.25, 0.3) is 5.91 Å². The molecule has 0 spiro atoms. The minimum absolute atomic E-state index is 0.0102. The fraction of sp³-hybridized carbons (Fsp3) is 0.278. The lowest BCUT2D eigenvalue weighted by Crippen LogP contribution is -2.21. The molecule has 2 rings (SSSR count). The first-order chi connectivity index (χ1) is 11.9. The van der Waals surface area contributed by atoms with Gasteiger partial charge in [-0.3, -0.25) is 14.9 Å². The monoisotopic (exact) mass is 346 g/mol. The molecule has 0 atom stereocenters. The average Bonchev–Trinajstić information content (AvgIpc) is 2.62. The smallest absolute Gasteiger partial charge is 0.311 e. The van der Waals surface area contributed by atoms with E-state index in [9.17, 15) is 14.9 Å². The molecule has 0 radical (unpaired) electrons. The van der Waals surface area contributed by atoms with Crippen LogP contribution in [0.3, 0.4) is 0 Å². The number of rotatable bonds is 5. The zero-order valence-corrected chi connectivity index (χ0v) is 14.7. The highest BCUT2D eigenvalue weighted by molar-refractivity contribution is 5.94. The molecule has 7 nitrogen and oxygen atoms in total. The molecule has 0 saturated heterocycles. The second kappa shape index (κ2) is 9.39. The predicted octanol–water partition coefficient (Wildman–Crippen LogP) is 3.61. The van der Waals surface area contributed by atoms with Gasteiger partial charge in [-0.15, -0.1) is 0 Å². The topological polar surface area (TPSA) is 92.9 Å². The van der Waals surface area contributed by atoms with Crippen LogP contribution in [0.5, 0.6) is 11.5 Å². The summed E-state index contributed by atoms with van der Waals surface area (Å²) in [5, 5.41) is 20.2. The number of nitro groups is 1. The number of hydrogen-bond donors (Lipinski definition) is 1. The van der Waals surface area contributed by atoms with E-state index in [1.54, 1.807) is 32.3 Å². The Morgan fingerprint density at radius 1 is 1.20 bits per heavy atom. The van der Waals surface area contributed by atoms with Crippen LogP contribution < -0.4 is 4.74 Å². The molecule has 2 aromatic carbocycles. The van der Waals surface area contributed by atoms with Gasteiger partial charge in [0.05, 0.1) is 11.5 Å². The summed E-state index contributed by atoms with van der Waals surface area (Å²) in [5.74, 6) is 0.112. The zero-order valence-electron chi connectivity index (χ0n) is 14.7. The van der Waals surface area contributed by atoms with E-state index >= 15 is 0 Å². The number of nitro benzene ring substituents is 1. The molecule has 0 aliphatic carbocycles. The van der Waals surface area contributed by atoms with Crippen LogP contribution in [0.4, 0.5) is 5.69 Å². The van der Waals surface area contributed by atoms with E-state index in [4.69, 9.17) is 9.84 Å². The first-order valence-corrected chi connectivity index (χ1v) is 7.80. The third-order valence-corrected chi connectivity index (χ3v) is 3.12. The van der Waals surface area contributed by atoms with Crippen molar-refractivity contribution >= 4 is 11.6 Å². The second-order valence-electron chi connectivity index (χ2n) is 5.05. The normalized spacial score (nSPS) is 9.64. The van der Waals surface area contributed by atoms with Crippen molar-refractivity contribution in [3.8, 4) is 11.5 Å². The number of aliphatic hydroxyl groups is 1. The van der Waals surface area contributed by atoms with E-state index in [0.29, 0.717) is 16.9 Å². The fourth-order valence-corrected chi connectivity index (χ4v) is 1.97. The van der Waals surface area contributed by atoms with Crippen LogP contribution in [0, 0.1) is 10.1 Å². The Bertz CT molecular complexity index is 744. The van der Waals surface area contributed by atoms with Crippen molar-refractivity contribution in [1.82, 2.24) is 4.90 Å². The predicted molar refractivity (Wildman–Crippen MR) is 94.9 cm³/mol. The number of amides is 1. The van der Waals surface area contributed by atoms with Crippen LogP contribution in [-0.4, -0.2) is 34.9 Å². The average molecular weight is 346 g/mol. The molecule has 0 saturated carbocycles. The molecule has 0 fully saturated rings. The summed E-state index contributed by atoms with van der Waals surface area (Å²) >= 11 is 0. The van der Waals surface area contributed by atoms with Gasteiger partial charge in [-0.2, -0.15) is 0 Å². The minimum Gasteiger partial charge on any atom is -0.450 e. The van der Waals surface area contributed by atoms with Gasteiger partial charge in [0.15, 0.2) is 0 Å². The van der Waals surface area contributed by atoms with E-state index in [1.807, 2.05) is 13.8 Å². The lowest BCUT2D eigenvalue weighted by molar-refractivity contribution is -0.385. The van der Waals surface area contributed by atoms with Gasteiger partial charge in [0.2, 0.25) is 5.75 Å². The molecule has 0 aliphatic heterocycles. The van der Waals surface area contributed by atoms with Crippen LogP contribution in [0.2, 0.25) is 0 Å². The van der Waals surface area contributed by atoms with Crippen molar-refractivity contribution in [1.29, 1.82) is 0 Å². The highest BCUT2D eigenvalue weighted by Gasteiger charge is 2.17. The Morgan fingerprint density at radius 3 is 2.44 bits per heavy atom. The lowest BCUT2D eigenvalue weighted by atomic mass is 10.2. The van der Waals surface area contributed by atoms with Gasteiger partial charge in [-0.05, 0) is 35.9 Å². The largest absolute Gasteiger partial charge is 0.450 e. The number of carbonyl (C=O) groups is 1. The second-order valence-corrected chi connectivity index (χ2v) is 5.05. The van der Waals surface area contributed by atoms with Gasteiger partial charge in [-0.25, -0.2) is 0 Å². The SMILES string of the molecule is CC.CN(C)C(=O)c1cccc(Oc2cc(CO)ccc2[N+](=O)[O-])c1. The summed E-state index contributed by atoms with van der Waals surface area (Å²) in [6.45, 7) is 3.74. The molecule has 1 amide bonds. The third-order valence-electron chi connectivity index (χ3n) is 3.12. The Balaban J connectivity index is 0.00000151. The first kappa shape index (κ1) is 20.1. The summed E-state index contributed by atoms with van der Waals surface area (Å²) in [5.41, 5.74) is 0.686. The summed E-state index contributed by atoms with van der Waals surface area (Å²) in [6.07, 6.45) is 0. The zero-order chi connectivity index (χ0) is 19.0. The summed E-state index contributed by atoms with van der Waals surface area (Å²) in [6, 6.07) is 10.5. The number of benzene rings is 2. The maximum absolute atomic E-state index is 12.0. The van der Waals surface area contributed by atoms with Crippen molar-refractivity contribution in [2.75, 3.05) is 14.1 Å². The Hall–Kier alpha value is -2.93. The Kier molecular flexibility index (Phi) is 7.55. The van der Waals surface area contributed by atoms with Crippen LogP contribution >= 0.6 is 0 Å². The maximum atomic E-state index is 12.0. The van der Waals surface area contributed by atoms with Crippen molar-refractivity contribution < 1.29 is 19.6 Å². The Labute approximate surface area is 146 Å². The molecule has 0 aliphatic rings. The van der Waals surface area contributed by atoms with E-state index in [0.717, 1.165) is 0 Å². The van der Waals surface area contributed by atoms with Crippen LogP contribution in [0.25, 0.3) is 0 Å². The lowest BCUT2D eigenvalue weighted by Gasteiger charge is -2.12. The molecule has 134 valence electrons. The molecular formula is C18H22N2O5. The minimum atomic E-state index is -0.564. The number of nitrogens with zero attached hydrogens (tertiary/aromatic N) is 2. The summed E-state index contributed by atoms with van der Waals surface area (Å²) in [7, 11) is 3.26. The van der Waals surface area contributed by atoms with Crippen molar-refractivity contribution in [2.24, 2.45) is 0 Å². The molecule has 0 aromatic heterocycles. The highest BCUT2D eigenvalue weighted by Crippen LogP contribution is 2.32. The van der Waals surface area contributed by atoms with Gasteiger partial charge in [0.1, 0.15) is 5.75 Å². The molecular weight excluding hydrogens is 324 g/mol. The third kappa shape index (κ3) is 5.29. The highest BCUT2D eigenvalue weighted by atomic mass is 16.6. The number of hydrogen-bond acceptors (Lipinski definition) is 5. The number of aliphatic hydroxyl groups excluding tert-OH is 1. The maximum Gasteiger partial charge on any atom is 0.311 e. The Morgan fingerprint density at radius 2 is 1.88 bits per heavy atom. The molecule has 2 aromatic rings. The van der Waals surface area contributed by atoms with E-state index in [1.165, 1.54) is 29.2 Å². The molecule has 1 N–H and O–H groups in total. The first-order valence-electron chi connectivity index (χ1n) is 7.80. The number of carbonyl (C=O) groups excluding carboxylic acids is 1. The summed E-state index contributed by atoms with van der Waals surface area (Å²) in [4.78, 5) is 23.9. The molecule has 0 heterocycles. The standard InChI is InChI=1S/C16H16N2O5.C2H6/c1-17(2)16(20)12-4-3-5-13(9-12)23-15-8-11(10-19)6-7-14(15)18(21)22;1-2/h3-9,19H,10H2,1-2H3;1-2H3. The van der Waals surface area contributed by atoms with Gasteiger partial charge < -0.3 is 14.7 Å². The van der Waals surface area contributed by atoms with Crippen LogP contribution in [0.1, 0.15) is 29.8 Å². The molecule has 7 heteroatoms. The van der Waals surface area contributed by atoms with Gasteiger partial charge in [-0.1, -0.05) is 19.9 Å². The fourth-order valence-electron chi connectivity index (χ4n) is 1.97. The number of ether oxygens (including phenoxy) is 1. The van der Waals surface area contributed by atoms with Gasteiger partial charge in [0, 0.05) is 25.7 Å². The van der Waals surface area contributed by atoms with E-state index in [-0.39, 0.29) is 24.0 Å². The molecule has 0 bridgehead atoms. The van der Waals surface area contributed by atoms with E-state index in [2.05, 4.69) is 0 Å². The van der Waals surface area contributed by atoms with Crippen molar-refractivity contribution in [3.05, 3.63) is 63.7 Å². The van der Waals surface area contributed by atoms with E-state index < -0.39 is 4.92 Å². The van der Waals surface area contributed by atoms with Crippen LogP contribution in [-0.2, 0) is 6.61 Å². The van der Waals surface area contributed by atoms with Crippen molar-refractivity contribution in [3.63, 3.8) is 0 Å². The van der Waals surface area contributed by atoms with Gasteiger partial charge >= 0.3 is 5.69 Å². The molecule has 25 heavy (non-hydrogen) atoms. The molecule has 0 unspecified atom stereocenters. The van der Waals surface area contributed by atoms with Crippen molar-refractivity contribution in [2.45, 2.75) is 20.5 Å². The summed E-state index contributed by atoms with van der Waals surface area (Å²) < 4.78 is 5.56. The van der Waals surface area contributed by atoms with Crippen LogP contribution in [0.15, 0.2) is 42.5 Å². The quantitative estimate of drug-likeness (QED) is 0.659.